The zero-order valence-corrected chi connectivity index (χ0v) is 10.4. The topological polar surface area (TPSA) is 26.3 Å². The lowest BCUT2D eigenvalue weighted by Gasteiger charge is -2.10. The Morgan fingerprint density at radius 2 is 1.94 bits per heavy atom. The number of carbonyl (C=O) groups excluding carboxylic acids is 1. The van der Waals surface area contributed by atoms with Gasteiger partial charge in [0.25, 0.3) is 0 Å². The molecule has 0 aromatic heterocycles. The maximum Gasteiger partial charge on any atom is 0.153 e. The van der Waals surface area contributed by atoms with E-state index in [4.69, 9.17) is 16.3 Å². The number of benzene rings is 2. The fourth-order valence-electron chi connectivity index (χ4n) is 1.50. The van der Waals surface area contributed by atoms with E-state index in [0.717, 1.165) is 5.56 Å². The first-order valence-corrected chi connectivity index (χ1v) is 5.66. The summed E-state index contributed by atoms with van der Waals surface area (Å²) in [7, 11) is 0. The lowest BCUT2D eigenvalue weighted by atomic mass is 10.2. The smallest absolute Gasteiger partial charge is 0.153 e. The normalized spacial score (nSPS) is 10.2. The molecule has 2 rings (SSSR count). The molecule has 0 radical (unpaired) electrons. The third-order valence-electron chi connectivity index (χ3n) is 2.47. The first-order chi connectivity index (χ1) is 8.60. The van der Waals surface area contributed by atoms with E-state index in [9.17, 15) is 9.18 Å². The maximum atomic E-state index is 13.1. The van der Waals surface area contributed by atoms with Gasteiger partial charge in [-0.3, -0.25) is 4.79 Å². The molecule has 2 nitrogen and oxygen atoms in total. The molecule has 0 aliphatic heterocycles. The summed E-state index contributed by atoms with van der Waals surface area (Å²) in [5, 5.41) is 0.449. The second-order valence-corrected chi connectivity index (χ2v) is 4.25. The Morgan fingerprint density at radius 1 is 1.17 bits per heavy atom. The van der Waals surface area contributed by atoms with Crippen LogP contribution >= 0.6 is 11.6 Å². The Morgan fingerprint density at radius 3 is 2.67 bits per heavy atom. The van der Waals surface area contributed by atoms with Gasteiger partial charge < -0.3 is 4.74 Å². The minimum Gasteiger partial charge on any atom is -0.456 e. The van der Waals surface area contributed by atoms with Crippen LogP contribution in [0.5, 0.6) is 11.5 Å². The third-order valence-corrected chi connectivity index (χ3v) is 2.71. The predicted octanol–water partition coefficient (Wildman–Crippen LogP) is 4.39. The van der Waals surface area contributed by atoms with Crippen LogP contribution in [0.25, 0.3) is 0 Å². The van der Waals surface area contributed by atoms with E-state index < -0.39 is 5.82 Å². The minimum absolute atomic E-state index is 0.311. The van der Waals surface area contributed by atoms with E-state index in [-0.39, 0.29) is 0 Å². The molecule has 2 aromatic carbocycles. The van der Waals surface area contributed by atoms with Crippen molar-refractivity contribution in [2.75, 3.05) is 0 Å². The summed E-state index contributed by atoms with van der Waals surface area (Å²) in [5.41, 5.74) is 1.14. The molecular formula is C14H10ClFO2. The molecule has 18 heavy (non-hydrogen) atoms. The highest BCUT2D eigenvalue weighted by atomic mass is 35.5. The summed E-state index contributed by atoms with van der Waals surface area (Å²) >= 11 is 5.84. The van der Waals surface area contributed by atoms with Crippen LogP contribution in [0.3, 0.4) is 0 Å². The van der Waals surface area contributed by atoms with E-state index in [2.05, 4.69) is 0 Å². The quantitative estimate of drug-likeness (QED) is 0.769. The molecular weight excluding hydrogens is 255 g/mol. The summed E-state index contributed by atoms with van der Waals surface area (Å²) in [6.07, 6.45) is 0.667. The van der Waals surface area contributed by atoms with Crippen molar-refractivity contribution in [1.82, 2.24) is 0 Å². The molecule has 0 atom stereocenters. The average molecular weight is 265 g/mol. The average Bonchev–Trinajstić information content (AvgIpc) is 2.34. The Bertz CT molecular complexity index is 596. The van der Waals surface area contributed by atoms with Gasteiger partial charge in [-0.1, -0.05) is 17.7 Å². The summed E-state index contributed by atoms with van der Waals surface area (Å²) in [5.74, 6) is 0.275. The Kier molecular flexibility index (Phi) is 3.63. The molecule has 2 aromatic rings. The van der Waals surface area contributed by atoms with Crippen molar-refractivity contribution >= 4 is 17.9 Å². The molecule has 0 heterocycles. The van der Waals surface area contributed by atoms with Gasteiger partial charge in [-0.25, -0.2) is 4.39 Å². The van der Waals surface area contributed by atoms with E-state index in [1.165, 1.54) is 18.2 Å². The van der Waals surface area contributed by atoms with E-state index in [1.54, 1.807) is 25.1 Å². The van der Waals surface area contributed by atoms with Gasteiger partial charge in [-0.2, -0.15) is 0 Å². The van der Waals surface area contributed by atoms with Gasteiger partial charge in [0, 0.05) is 17.2 Å². The maximum absolute atomic E-state index is 13.1. The molecule has 0 aliphatic rings. The van der Waals surface area contributed by atoms with Gasteiger partial charge in [0.05, 0.1) is 5.56 Å². The predicted molar refractivity (Wildman–Crippen MR) is 68.1 cm³/mol. The number of rotatable bonds is 3. The van der Waals surface area contributed by atoms with Crippen LogP contribution in [0.1, 0.15) is 15.9 Å². The van der Waals surface area contributed by atoms with Crippen molar-refractivity contribution in [3.63, 3.8) is 0 Å². The molecule has 0 amide bonds. The Labute approximate surface area is 109 Å². The van der Waals surface area contributed by atoms with Crippen LogP contribution in [0.4, 0.5) is 4.39 Å². The van der Waals surface area contributed by atoms with Gasteiger partial charge in [-0.05, 0) is 30.7 Å². The molecule has 0 N–H and O–H groups in total. The van der Waals surface area contributed by atoms with Crippen LogP contribution in [-0.4, -0.2) is 6.29 Å². The molecule has 0 bridgehead atoms. The highest BCUT2D eigenvalue weighted by Gasteiger charge is 2.08. The SMILES string of the molecule is Cc1ccc(F)cc1Oc1cc(Cl)ccc1C=O. The third kappa shape index (κ3) is 2.68. The second-order valence-electron chi connectivity index (χ2n) is 3.81. The number of aryl methyl sites for hydroxylation is 1. The largest absolute Gasteiger partial charge is 0.456 e. The standard InChI is InChI=1S/C14H10ClFO2/c1-9-2-5-12(16)7-13(9)18-14-6-11(15)4-3-10(14)8-17/h2-8H,1H3. The number of halogens is 2. The van der Waals surface area contributed by atoms with Crippen molar-refractivity contribution in [2.24, 2.45) is 0 Å². The lowest BCUT2D eigenvalue weighted by Crippen LogP contribution is -1.93. The lowest BCUT2D eigenvalue weighted by molar-refractivity contribution is 0.112. The molecule has 4 heteroatoms. The molecule has 0 fully saturated rings. The monoisotopic (exact) mass is 264 g/mol. The first kappa shape index (κ1) is 12.6. The highest BCUT2D eigenvalue weighted by Crippen LogP contribution is 2.30. The fraction of sp³-hybridized carbons (Fsp3) is 0.0714. The van der Waals surface area contributed by atoms with Crippen molar-refractivity contribution in [1.29, 1.82) is 0 Å². The van der Waals surface area contributed by atoms with Crippen molar-refractivity contribution in [3.05, 3.63) is 58.4 Å². The van der Waals surface area contributed by atoms with Crippen LogP contribution in [0.15, 0.2) is 36.4 Å². The molecule has 0 saturated carbocycles. The number of carbonyl (C=O) groups is 1. The Hall–Kier alpha value is -1.87. The van der Waals surface area contributed by atoms with Crippen LogP contribution < -0.4 is 4.74 Å². The van der Waals surface area contributed by atoms with Crippen molar-refractivity contribution < 1.29 is 13.9 Å². The van der Waals surface area contributed by atoms with Gasteiger partial charge in [0.1, 0.15) is 17.3 Å². The van der Waals surface area contributed by atoms with E-state index in [1.807, 2.05) is 0 Å². The molecule has 0 spiro atoms. The molecule has 92 valence electrons. The molecule has 0 aliphatic carbocycles. The van der Waals surface area contributed by atoms with Crippen LogP contribution in [0, 0.1) is 12.7 Å². The number of hydrogen-bond acceptors (Lipinski definition) is 2. The molecule has 0 unspecified atom stereocenters. The zero-order valence-electron chi connectivity index (χ0n) is 9.61. The van der Waals surface area contributed by atoms with E-state index in [0.29, 0.717) is 28.4 Å². The highest BCUT2D eigenvalue weighted by molar-refractivity contribution is 6.30. The van der Waals surface area contributed by atoms with Gasteiger partial charge in [0.2, 0.25) is 0 Å². The summed E-state index contributed by atoms with van der Waals surface area (Å²) in [6.45, 7) is 1.79. The fourth-order valence-corrected chi connectivity index (χ4v) is 1.66. The van der Waals surface area contributed by atoms with Gasteiger partial charge in [-0.15, -0.1) is 0 Å². The minimum atomic E-state index is -0.398. The number of hydrogen-bond donors (Lipinski definition) is 0. The van der Waals surface area contributed by atoms with Crippen molar-refractivity contribution in [2.45, 2.75) is 6.92 Å². The summed E-state index contributed by atoms with van der Waals surface area (Å²) < 4.78 is 18.7. The zero-order chi connectivity index (χ0) is 13.1. The summed E-state index contributed by atoms with van der Waals surface area (Å²) in [4.78, 5) is 10.9. The van der Waals surface area contributed by atoms with E-state index >= 15 is 0 Å². The van der Waals surface area contributed by atoms with Crippen molar-refractivity contribution in [3.8, 4) is 11.5 Å². The van der Waals surface area contributed by atoms with Gasteiger partial charge in [0.15, 0.2) is 6.29 Å². The Balaban J connectivity index is 2.41. The first-order valence-electron chi connectivity index (χ1n) is 5.29. The molecule has 0 saturated heterocycles. The summed E-state index contributed by atoms with van der Waals surface area (Å²) in [6, 6.07) is 8.90. The van der Waals surface area contributed by atoms with Crippen LogP contribution in [-0.2, 0) is 0 Å². The number of ether oxygens (including phenoxy) is 1. The number of aldehydes is 1. The van der Waals surface area contributed by atoms with Gasteiger partial charge >= 0.3 is 0 Å². The second kappa shape index (κ2) is 5.19. The van der Waals surface area contributed by atoms with Crippen LogP contribution in [0.2, 0.25) is 5.02 Å².